The molecule has 2 fully saturated rings. The number of nitrogens with one attached hydrogen (secondary N) is 1. The molecule has 1 saturated carbocycles. The number of ether oxygens (including phenoxy) is 1. The number of nitrogens with two attached hydrogens (primary N) is 1. The van der Waals surface area contributed by atoms with Crippen LogP contribution in [0.1, 0.15) is 67.6 Å². The minimum atomic E-state index is -0.477. The largest absolute Gasteiger partial charge is 0.497 e. The molecule has 1 aromatic carbocycles. The summed E-state index contributed by atoms with van der Waals surface area (Å²) in [5, 5.41) is 5.20. The molecule has 2 heterocycles. The molecular weight excluding hydrogens is 484 g/mol. The number of hydrogen-bond donors (Lipinski definition) is 2. The van der Waals surface area contributed by atoms with Gasteiger partial charge in [-0.2, -0.15) is 0 Å². The van der Waals surface area contributed by atoms with Crippen molar-refractivity contribution in [2.75, 3.05) is 20.2 Å². The van der Waals surface area contributed by atoms with Crippen LogP contribution in [0, 0.1) is 5.92 Å². The monoisotopic (exact) mass is 526 g/mol. The van der Waals surface area contributed by atoms with E-state index in [2.05, 4.69) is 36.2 Å². The van der Waals surface area contributed by atoms with Gasteiger partial charge in [-0.05, 0) is 73.6 Å². The number of piperidine rings is 1. The molecule has 1 aromatic heterocycles. The molecule has 2 aromatic rings. The van der Waals surface area contributed by atoms with E-state index in [0.717, 1.165) is 50.9 Å². The van der Waals surface area contributed by atoms with Gasteiger partial charge in [-0.15, -0.1) is 11.3 Å². The molecule has 3 N–H and O–H groups in total. The lowest BCUT2D eigenvalue weighted by molar-refractivity contribution is -0.128. The predicted octanol–water partition coefficient (Wildman–Crippen LogP) is 4.27. The molecule has 0 bridgehead atoms. The van der Waals surface area contributed by atoms with E-state index >= 15 is 0 Å². The molecule has 1 aliphatic heterocycles. The van der Waals surface area contributed by atoms with E-state index in [9.17, 15) is 9.59 Å². The quantitative estimate of drug-likeness (QED) is 0.509. The number of rotatable bonds is 9. The van der Waals surface area contributed by atoms with Crippen molar-refractivity contribution in [2.24, 2.45) is 11.7 Å². The fraction of sp³-hybridized carbons (Fsp3) is 0.586. The van der Waals surface area contributed by atoms with E-state index in [1.165, 1.54) is 16.9 Å². The van der Waals surface area contributed by atoms with Crippen molar-refractivity contribution in [1.29, 1.82) is 0 Å². The Labute approximate surface area is 225 Å². The average Bonchev–Trinajstić information content (AvgIpc) is 3.44. The first kappa shape index (κ1) is 27.6. The van der Waals surface area contributed by atoms with Crippen LogP contribution in [0.25, 0.3) is 0 Å². The van der Waals surface area contributed by atoms with Crippen LogP contribution in [0.15, 0.2) is 41.8 Å². The van der Waals surface area contributed by atoms with Crippen LogP contribution in [0.3, 0.4) is 0 Å². The summed E-state index contributed by atoms with van der Waals surface area (Å²) in [5.74, 6) is 1.27. The summed E-state index contributed by atoms with van der Waals surface area (Å²) in [6, 6.07) is 12.1. The Morgan fingerprint density at radius 1 is 1.14 bits per heavy atom. The highest BCUT2D eigenvalue weighted by atomic mass is 32.1. The van der Waals surface area contributed by atoms with Crippen LogP contribution in [0.2, 0.25) is 0 Å². The number of carbonyl (C=O) groups excluding carboxylic acids is 2. The zero-order valence-corrected chi connectivity index (χ0v) is 23.2. The van der Waals surface area contributed by atoms with Gasteiger partial charge in [-0.3, -0.25) is 14.5 Å². The highest BCUT2D eigenvalue weighted by Gasteiger charge is 2.39. The highest BCUT2D eigenvalue weighted by Crippen LogP contribution is 2.28. The van der Waals surface area contributed by atoms with E-state index < -0.39 is 6.04 Å². The lowest BCUT2D eigenvalue weighted by atomic mass is 9.90. The van der Waals surface area contributed by atoms with Crippen LogP contribution in [0.4, 0.5) is 0 Å². The summed E-state index contributed by atoms with van der Waals surface area (Å²) < 4.78 is 5.33. The second-order valence-electron chi connectivity index (χ2n) is 11.0. The van der Waals surface area contributed by atoms with Gasteiger partial charge in [-0.25, -0.2) is 0 Å². The Hall–Kier alpha value is -2.42. The van der Waals surface area contributed by atoms with Crippen LogP contribution in [0.5, 0.6) is 5.75 Å². The van der Waals surface area contributed by atoms with Crippen molar-refractivity contribution in [3.05, 3.63) is 52.2 Å². The summed E-state index contributed by atoms with van der Waals surface area (Å²) in [7, 11) is 1.68. The highest BCUT2D eigenvalue weighted by molar-refractivity contribution is 7.12. The second kappa shape index (κ2) is 12.9. The fourth-order valence-corrected chi connectivity index (χ4v) is 6.33. The third-order valence-corrected chi connectivity index (χ3v) is 8.51. The first-order valence-electron chi connectivity index (χ1n) is 13.6. The maximum Gasteiger partial charge on any atom is 0.264 e. The number of methoxy groups -OCH3 is 1. The van der Waals surface area contributed by atoms with E-state index in [4.69, 9.17) is 10.5 Å². The third-order valence-electron chi connectivity index (χ3n) is 7.65. The third kappa shape index (κ3) is 7.33. The van der Waals surface area contributed by atoms with Crippen molar-refractivity contribution in [3.63, 3.8) is 0 Å². The van der Waals surface area contributed by atoms with E-state index in [0.29, 0.717) is 23.8 Å². The molecule has 2 atom stereocenters. The molecule has 7 nitrogen and oxygen atoms in total. The van der Waals surface area contributed by atoms with Crippen LogP contribution in [-0.2, 0) is 11.3 Å². The van der Waals surface area contributed by atoms with Gasteiger partial charge < -0.3 is 20.7 Å². The SMILES string of the molecule is COc1ccc(CN(CC(C)C)C2CCN(C(=O)c3cccs3)[C@@H](C(=O)NC3CCC(N)CC3)C2)cc1. The lowest BCUT2D eigenvalue weighted by Crippen LogP contribution is -2.58. The minimum absolute atomic E-state index is 0.0241. The molecule has 0 radical (unpaired) electrons. The van der Waals surface area contributed by atoms with Gasteiger partial charge in [0.25, 0.3) is 5.91 Å². The molecule has 1 unspecified atom stereocenters. The molecular formula is C29H42N4O3S. The molecule has 1 aliphatic carbocycles. The first-order chi connectivity index (χ1) is 17.8. The number of amides is 2. The molecule has 4 rings (SSSR count). The van der Waals surface area contributed by atoms with Gasteiger partial charge in [0.2, 0.25) is 5.91 Å². The van der Waals surface area contributed by atoms with E-state index in [1.54, 1.807) is 7.11 Å². The summed E-state index contributed by atoms with van der Waals surface area (Å²) in [6.07, 6.45) is 5.15. The molecule has 2 aliphatic rings. The lowest BCUT2D eigenvalue weighted by Gasteiger charge is -2.43. The van der Waals surface area contributed by atoms with Gasteiger partial charge >= 0.3 is 0 Å². The smallest absolute Gasteiger partial charge is 0.264 e. The topological polar surface area (TPSA) is 87.9 Å². The Balaban J connectivity index is 1.52. The zero-order chi connectivity index (χ0) is 26.4. The Bertz CT molecular complexity index is 1000. The number of benzene rings is 1. The van der Waals surface area contributed by atoms with Crippen molar-refractivity contribution in [2.45, 2.75) is 83.1 Å². The summed E-state index contributed by atoms with van der Waals surface area (Å²) in [4.78, 5) is 32.1. The van der Waals surface area contributed by atoms with Crippen molar-refractivity contribution in [3.8, 4) is 5.75 Å². The maximum atomic E-state index is 13.7. The van der Waals surface area contributed by atoms with Crippen molar-refractivity contribution >= 4 is 23.2 Å². The number of thiophene rings is 1. The zero-order valence-electron chi connectivity index (χ0n) is 22.4. The number of hydrogen-bond acceptors (Lipinski definition) is 6. The van der Waals surface area contributed by atoms with Gasteiger partial charge in [0.05, 0.1) is 12.0 Å². The van der Waals surface area contributed by atoms with E-state index in [-0.39, 0.29) is 29.9 Å². The minimum Gasteiger partial charge on any atom is -0.497 e. The molecule has 1 saturated heterocycles. The van der Waals surface area contributed by atoms with Gasteiger partial charge in [-0.1, -0.05) is 32.0 Å². The average molecular weight is 527 g/mol. The second-order valence-corrected chi connectivity index (χ2v) is 11.9. The molecule has 8 heteroatoms. The molecule has 0 spiro atoms. The predicted molar refractivity (Wildman–Crippen MR) is 149 cm³/mol. The van der Waals surface area contributed by atoms with Crippen LogP contribution in [-0.4, -0.2) is 66.0 Å². The number of carbonyl (C=O) groups is 2. The maximum absolute atomic E-state index is 13.7. The standard InChI is InChI=1S/C29H42N4O3S/c1-20(2)18-32(19-21-6-12-25(36-3)13-7-21)24-14-15-33(29(35)27-5-4-16-37-27)26(17-24)28(34)31-23-10-8-22(30)9-11-23/h4-7,12-13,16,20,22-24,26H,8-11,14-15,17-19,30H2,1-3H3,(H,31,34)/t22?,23?,24?,26-/m1/s1. The summed E-state index contributed by atoms with van der Waals surface area (Å²) >= 11 is 1.44. The van der Waals surface area contributed by atoms with Gasteiger partial charge in [0, 0.05) is 37.8 Å². The Morgan fingerprint density at radius 3 is 2.49 bits per heavy atom. The fourth-order valence-electron chi connectivity index (χ4n) is 5.65. The Kier molecular flexibility index (Phi) is 9.62. The number of nitrogens with zero attached hydrogens (tertiary/aromatic N) is 2. The van der Waals surface area contributed by atoms with Gasteiger partial charge in [0.15, 0.2) is 0 Å². The van der Waals surface area contributed by atoms with Gasteiger partial charge in [0.1, 0.15) is 11.8 Å². The molecule has 37 heavy (non-hydrogen) atoms. The normalized spacial score (nSPS) is 24.3. The van der Waals surface area contributed by atoms with Crippen molar-refractivity contribution < 1.29 is 14.3 Å². The number of likely N-dealkylation sites (tertiary alicyclic amines) is 1. The summed E-state index contributed by atoms with van der Waals surface area (Å²) in [5.41, 5.74) is 7.30. The first-order valence-corrected chi connectivity index (χ1v) is 14.5. The molecule has 2 amide bonds. The summed E-state index contributed by atoms with van der Waals surface area (Å²) in [6.45, 7) is 6.78. The van der Waals surface area contributed by atoms with E-state index in [1.807, 2.05) is 34.5 Å². The van der Waals surface area contributed by atoms with Crippen LogP contribution >= 0.6 is 11.3 Å². The van der Waals surface area contributed by atoms with Crippen LogP contribution < -0.4 is 15.8 Å². The van der Waals surface area contributed by atoms with Crippen molar-refractivity contribution in [1.82, 2.24) is 15.1 Å². The Morgan fingerprint density at radius 2 is 1.86 bits per heavy atom. The molecule has 202 valence electrons.